The Morgan fingerprint density at radius 1 is 1.10 bits per heavy atom. The number of ketones is 1. The molecule has 1 aromatic rings. The zero-order valence-electron chi connectivity index (χ0n) is 18.4. The second-order valence-corrected chi connectivity index (χ2v) is 11.9. The van der Waals surface area contributed by atoms with Crippen LogP contribution < -0.4 is 4.74 Å². The van der Waals surface area contributed by atoms with Gasteiger partial charge in [-0.25, -0.2) is 0 Å². The maximum Gasteiger partial charge on any atom is 0.223 e. The molecule has 31 heavy (non-hydrogen) atoms. The van der Waals surface area contributed by atoms with Gasteiger partial charge in [0.2, 0.25) is 5.91 Å². The highest BCUT2D eigenvalue weighted by molar-refractivity contribution is 6.31. The number of amides is 1. The summed E-state index contributed by atoms with van der Waals surface area (Å²) in [4.78, 5) is 28.2. The van der Waals surface area contributed by atoms with Crippen molar-refractivity contribution >= 4 is 23.3 Å². The van der Waals surface area contributed by atoms with E-state index in [-0.39, 0.29) is 11.2 Å². The first kappa shape index (κ1) is 20.1. The Balaban J connectivity index is 1.13. The molecule has 5 heteroatoms. The third-order valence-corrected chi connectivity index (χ3v) is 9.28. The topological polar surface area (TPSA) is 46.6 Å². The molecule has 4 nitrogen and oxygen atoms in total. The summed E-state index contributed by atoms with van der Waals surface area (Å²) in [6, 6.07) is 3.58. The minimum absolute atomic E-state index is 0.111. The number of Topliss-reactive ketones (excluding diaryl/α,β-unsaturated/α-hetero) is 1. The van der Waals surface area contributed by atoms with Gasteiger partial charge >= 0.3 is 0 Å². The Morgan fingerprint density at radius 2 is 1.71 bits per heavy atom. The molecule has 0 N–H and O–H groups in total. The summed E-state index contributed by atoms with van der Waals surface area (Å²) < 4.78 is 6.46. The molecule has 0 aromatic heterocycles. The van der Waals surface area contributed by atoms with Gasteiger partial charge in [-0.3, -0.25) is 9.59 Å². The number of fused-ring (bicyclic) bond motifs is 1. The highest BCUT2D eigenvalue weighted by Gasteiger charge is 2.52. The highest BCUT2D eigenvalue weighted by Crippen LogP contribution is 2.61. The Labute approximate surface area is 189 Å². The average Bonchev–Trinajstić information content (AvgIpc) is 2.68. The maximum atomic E-state index is 13.3. The van der Waals surface area contributed by atoms with Gasteiger partial charge in [-0.15, -0.1) is 0 Å². The first-order chi connectivity index (χ1) is 14.8. The standard InChI is InChI=1S/C26H32ClNO3/c1-16-6-20(27)10-21-22(29)14-26(31-24(16)21)2-4-28(5-3-26)23(30)15-25-11-17-7-18(12-25)9-19(8-17)13-25/h6,10,17-19H,2-5,7-9,11-15H2,1H3. The lowest BCUT2D eigenvalue weighted by Gasteiger charge is -2.57. The maximum absolute atomic E-state index is 13.3. The quantitative estimate of drug-likeness (QED) is 0.601. The smallest absolute Gasteiger partial charge is 0.223 e. The van der Waals surface area contributed by atoms with E-state index in [0.29, 0.717) is 41.8 Å². The van der Waals surface area contributed by atoms with Crippen LogP contribution >= 0.6 is 11.6 Å². The number of aryl methyl sites for hydroxylation is 1. The normalized spacial score (nSPS) is 35.2. The van der Waals surface area contributed by atoms with Crippen LogP contribution in [-0.2, 0) is 4.79 Å². The van der Waals surface area contributed by atoms with Gasteiger partial charge in [0.25, 0.3) is 0 Å². The highest BCUT2D eigenvalue weighted by atomic mass is 35.5. The fraction of sp³-hybridized carbons (Fsp3) is 0.692. The molecular formula is C26H32ClNO3. The predicted molar refractivity (Wildman–Crippen MR) is 120 cm³/mol. The number of carbonyl (C=O) groups excluding carboxylic acids is 2. The van der Waals surface area contributed by atoms with E-state index in [9.17, 15) is 9.59 Å². The second kappa shape index (κ2) is 6.97. The Hall–Kier alpha value is -1.55. The van der Waals surface area contributed by atoms with Gasteiger partial charge in [-0.05, 0) is 86.3 Å². The fourth-order valence-corrected chi connectivity index (χ4v) is 8.37. The van der Waals surface area contributed by atoms with Gasteiger partial charge in [0.15, 0.2) is 5.78 Å². The molecule has 4 aliphatic carbocycles. The molecule has 4 saturated carbocycles. The van der Waals surface area contributed by atoms with Crippen molar-refractivity contribution < 1.29 is 14.3 Å². The largest absolute Gasteiger partial charge is 0.486 e. The third kappa shape index (κ3) is 3.41. The first-order valence-corrected chi connectivity index (χ1v) is 12.5. The zero-order valence-corrected chi connectivity index (χ0v) is 19.2. The van der Waals surface area contributed by atoms with Crippen molar-refractivity contribution in [3.05, 3.63) is 28.3 Å². The van der Waals surface area contributed by atoms with Crippen molar-refractivity contribution in [2.45, 2.75) is 76.7 Å². The van der Waals surface area contributed by atoms with Crippen molar-refractivity contribution in [2.24, 2.45) is 23.2 Å². The molecule has 4 bridgehead atoms. The molecule has 166 valence electrons. The van der Waals surface area contributed by atoms with E-state index in [1.165, 1.54) is 38.5 Å². The molecule has 2 aliphatic heterocycles. The summed E-state index contributed by atoms with van der Waals surface area (Å²) in [6.45, 7) is 3.34. The van der Waals surface area contributed by atoms with Gasteiger partial charge in [-0.2, -0.15) is 0 Å². The number of ether oxygens (including phenoxy) is 1. The molecule has 1 saturated heterocycles. The number of hydrogen-bond donors (Lipinski definition) is 0. The number of nitrogens with zero attached hydrogens (tertiary/aromatic N) is 1. The molecule has 0 unspecified atom stereocenters. The zero-order chi connectivity index (χ0) is 21.4. The second-order valence-electron chi connectivity index (χ2n) is 11.5. The van der Waals surface area contributed by atoms with E-state index in [0.717, 1.165) is 42.6 Å². The van der Waals surface area contributed by atoms with Crippen LogP contribution in [0.5, 0.6) is 5.75 Å². The molecule has 1 amide bonds. The van der Waals surface area contributed by atoms with Crippen LogP contribution in [0, 0.1) is 30.1 Å². The minimum Gasteiger partial charge on any atom is -0.486 e. The van der Waals surface area contributed by atoms with Gasteiger partial charge < -0.3 is 9.64 Å². The minimum atomic E-state index is -0.472. The predicted octanol–water partition coefficient (Wildman–Crippen LogP) is 5.58. The number of hydrogen-bond acceptors (Lipinski definition) is 3. The van der Waals surface area contributed by atoms with E-state index in [2.05, 4.69) is 4.90 Å². The van der Waals surface area contributed by atoms with Crippen LogP contribution in [0.1, 0.15) is 80.1 Å². The van der Waals surface area contributed by atoms with Gasteiger partial charge in [0, 0.05) is 37.4 Å². The molecule has 5 fully saturated rings. The van der Waals surface area contributed by atoms with E-state index in [1.807, 2.05) is 13.0 Å². The van der Waals surface area contributed by atoms with Crippen molar-refractivity contribution in [3.8, 4) is 5.75 Å². The number of carbonyl (C=O) groups is 2. The first-order valence-electron chi connectivity index (χ1n) is 12.1. The van der Waals surface area contributed by atoms with Gasteiger partial charge in [0.1, 0.15) is 11.4 Å². The van der Waals surface area contributed by atoms with Crippen molar-refractivity contribution in [1.82, 2.24) is 4.90 Å². The molecule has 7 rings (SSSR count). The lowest BCUT2D eigenvalue weighted by Crippen LogP contribution is -2.54. The Bertz CT molecular complexity index is 911. The third-order valence-electron chi connectivity index (χ3n) is 9.06. The molecule has 0 atom stereocenters. The van der Waals surface area contributed by atoms with E-state index in [4.69, 9.17) is 16.3 Å². The van der Waals surface area contributed by atoms with Crippen LogP contribution in [0.2, 0.25) is 5.02 Å². The summed E-state index contributed by atoms with van der Waals surface area (Å²) in [5.41, 5.74) is 1.33. The molecule has 1 aromatic carbocycles. The Morgan fingerprint density at radius 3 is 2.32 bits per heavy atom. The lowest BCUT2D eigenvalue weighted by molar-refractivity contribution is -0.142. The lowest BCUT2D eigenvalue weighted by atomic mass is 9.49. The number of rotatable bonds is 2. The number of halogens is 1. The number of likely N-dealkylation sites (tertiary alicyclic amines) is 1. The van der Waals surface area contributed by atoms with Crippen LogP contribution in [0.3, 0.4) is 0 Å². The Kier molecular flexibility index (Phi) is 4.52. The molecular weight excluding hydrogens is 410 g/mol. The van der Waals surface area contributed by atoms with Gasteiger partial charge in [0.05, 0.1) is 12.0 Å². The molecule has 2 heterocycles. The molecule has 6 aliphatic rings. The molecule has 1 spiro atoms. The SMILES string of the molecule is Cc1cc(Cl)cc2c1OC1(CCN(C(=O)CC34CC5CC(CC(C5)C3)C4)CC1)CC2=O. The summed E-state index contributed by atoms with van der Waals surface area (Å²) in [5, 5.41) is 0.578. The number of benzene rings is 1. The summed E-state index contributed by atoms with van der Waals surface area (Å²) >= 11 is 6.15. The van der Waals surface area contributed by atoms with E-state index in [1.54, 1.807) is 6.07 Å². The number of piperidine rings is 1. The van der Waals surface area contributed by atoms with E-state index < -0.39 is 5.60 Å². The summed E-state index contributed by atoms with van der Waals surface area (Å²) in [7, 11) is 0. The van der Waals surface area contributed by atoms with Crippen molar-refractivity contribution in [1.29, 1.82) is 0 Å². The fourth-order valence-electron chi connectivity index (χ4n) is 8.09. The summed E-state index contributed by atoms with van der Waals surface area (Å²) in [5.74, 6) is 3.77. The van der Waals surface area contributed by atoms with Crippen LogP contribution in [0.4, 0.5) is 0 Å². The van der Waals surface area contributed by atoms with Crippen LogP contribution in [0.25, 0.3) is 0 Å². The average molecular weight is 442 g/mol. The van der Waals surface area contributed by atoms with Crippen LogP contribution in [0.15, 0.2) is 12.1 Å². The molecule has 0 radical (unpaired) electrons. The van der Waals surface area contributed by atoms with Crippen LogP contribution in [-0.4, -0.2) is 35.3 Å². The van der Waals surface area contributed by atoms with Crippen molar-refractivity contribution in [2.75, 3.05) is 13.1 Å². The summed E-state index contributed by atoms with van der Waals surface area (Å²) in [6.07, 6.45) is 10.7. The van der Waals surface area contributed by atoms with E-state index >= 15 is 0 Å². The van der Waals surface area contributed by atoms with Gasteiger partial charge in [-0.1, -0.05) is 11.6 Å². The monoisotopic (exact) mass is 441 g/mol. The van der Waals surface area contributed by atoms with Crippen molar-refractivity contribution in [3.63, 3.8) is 0 Å².